The minimum Gasteiger partial charge on any atom is -0.478 e. The van der Waals surface area contributed by atoms with Crippen LogP contribution in [0.2, 0.25) is 0 Å². The van der Waals surface area contributed by atoms with Gasteiger partial charge < -0.3 is 5.11 Å². The summed E-state index contributed by atoms with van der Waals surface area (Å²) in [7, 11) is -3.57. The molecule has 7 heteroatoms. The molecule has 0 unspecified atom stereocenters. The van der Waals surface area contributed by atoms with Crippen LogP contribution in [0.15, 0.2) is 70.3 Å². The third kappa shape index (κ3) is 4.30. The number of hydrogen-bond acceptors (Lipinski definition) is 4. The van der Waals surface area contributed by atoms with Crippen LogP contribution in [0, 0.1) is 11.8 Å². The van der Waals surface area contributed by atoms with Gasteiger partial charge in [0.2, 0.25) is 0 Å². The minimum absolute atomic E-state index is 0.176. The highest BCUT2D eigenvalue weighted by atomic mass is 32.2. The quantitative estimate of drug-likeness (QED) is 0.674. The summed E-state index contributed by atoms with van der Waals surface area (Å²) in [5.41, 5.74) is 1.89. The summed E-state index contributed by atoms with van der Waals surface area (Å²) in [5, 5.41) is 10.7. The predicted octanol–water partition coefficient (Wildman–Crippen LogP) is 3.65. The normalized spacial score (nSPS) is 10.6. The van der Waals surface area contributed by atoms with Crippen molar-refractivity contribution in [3.05, 3.63) is 82.7 Å². The van der Waals surface area contributed by atoms with E-state index in [4.69, 9.17) is 5.11 Å². The number of benzene rings is 2. The Balaban J connectivity index is 1.75. The molecule has 26 heavy (non-hydrogen) atoms. The van der Waals surface area contributed by atoms with Gasteiger partial charge in [-0.1, -0.05) is 24.0 Å². The lowest BCUT2D eigenvalue weighted by molar-refractivity contribution is 0.0697. The molecular weight excluding hydrogens is 370 g/mol. The molecule has 0 saturated carbocycles. The van der Waals surface area contributed by atoms with Gasteiger partial charge in [-0.05, 0) is 53.9 Å². The zero-order valence-corrected chi connectivity index (χ0v) is 15.0. The van der Waals surface area contributed by atoms with Crippen molar-refractivity contribution in [3.63, 3.8) is 0 Å². The van der Waals surface area contributed by atoms with Gasteiger partial charge in [0.25, 0.3) is 10.0 Å². The van der Waals surface area contributed by atoms with Crippen LogP contribution in [0.4, 0.5) is 5.69 Å². The summed E-state index contributed by atoms with van der Waals surface area (Å²) in [6.45, 7) is 0. The average molecular weight is 383 g/mol. The van der Waals surface area contributed by atoms with Gasteiger partial charge in [-0.15, -0.1) is 11.3 Å². The van der Waals surface area contributed by atoms with Crippen molar-refractivity contribution in [2.45, 2.75) is 4.21 Å². The summed E-state index contributed by atoms with van der Waals surface area (Å²) in [5.74, 6) is 4.82. The number of nitrogens with one attached hydrogen (secondary N) is 1. The summed E-state index contributed by atoms with van der Waals surface area (Å²) < 4.78 is 27.1. The molecule has 0 aliphatic heterocycles. The molecule has 0 saturated heterocycles. The Bertz CT molecular complexity index is 1090. The molecule has 3 aromatic rings. The maximum atomic E-state index is 12.2. The lowest BCUT2D eigenvalue weighted by Gasteiger charge is -2.05. The number of thiophene rings is 1. The molecule has 1 aromatic heterocycles. The van der Waals surface area contributed by atoms with Gasteiger partial charge in [0, 0.05) is 16.8 Å². The number of hydrogen-bond donors (Lipinski definition) is 2. The van der Waals surface area contributed by atoms with Crippen LogP contribution in [0.25, 0.3) is 0 Å². The van der Waals surface area contributed by atoms with Gasteiger partial charge in [-0.2, -0.15) is 0 Å². The highest BCUT2D eigenvalue weighted by molar-refractivity contribution is 7.94. The van der Waals surface area contributed by atoms with Crippen molar-refractivity contribution in [2.75, 3.05) is 4.72 Å². The van der Waals surface area contributed by atoms with Gasteiger partial charge in [-0.3, -0.25) is 4.72 Å². The van der Waals surface area contributed by atoms with Crippen molar-refractivity contribution in [1.82, 2.24) is 0 Å². The monoisotopic (exact) mass is 383 g/mol. The molecular formula is C19H13NO4S2. The van der Waals surface area contributed by atoms with E-state index in [-0.39, 0.29) is 9.77 Å². The van der Waals surface area contributed by atoms with Crippen molar-refractivity contribution < 1.29 is 18.3 Å². The Morgan fingerprint density at radius 2 is 1.69 bits per heavy atom. The van der Waals surface area contributed by atoms with E-state index in [9.17, 15) is 13.2 Å². The molecule has 5 nitrogen and oxygen atoms in total. The maximum Gasteiger partial charge on any atom is 0.335 e. The number of carboxylic acid groups (broad SMARTS) is 1. The Morgan fingerprint density at radius 3 is 2.35 bits per heavy atom. The number of rotatable bonds is 4. The van der Waals surface area contributed by atoms with E-state index in [1.54, 1.807) is 47.8 Å². The molecule has 0 amide bonds. The van der Waals surface area contributed by atoms with E-state index in [2.05, 4.69) is 16.6 Å². The third-order valence-corrected chi connectivity index (χ3v) is 6.14. The SMILES string of the molecule is O=C(O)c1cccc(C#Cc2ccc(NS(=O)(=O)c3cccs3)cc2)c1. The van der Waals surface area contributed by atoms with Gasteiger partial charge in [0.1, 0.15) is 4.21 Å². The number of carboxylic acids is 1. The summed E-state index contributed by atoms with van der Waals surface area (Å²) >= 11 is 1.15. The molecule has 2 N–H and O–H groups in total. The summed E-state index contributed by atoms with van der Waals surface area (Å²) in [6, 6.07) is 16.2. The van der Waals surface area contributed by atoms with E-state index in [0.29, 0.717) is 16.8 Å². The third-order valence-electron chi connectivity index (χ3n) is 3.36. The highest BCUT2D eigenvalue weighted by Crippen LogP contribution is 2.20. The first-order chi connectivity index (χ1) is 12.4. The molecule has 1 heterocycles. The lowest BCUT2D eigenvalue weighted by atomic mass is 10.1. The molecule has 0 spiro atoms. The van der Waals surface area contributed by atoms with Gasteiger partial charge in [0.05, 0.1) is 5.56 Å². The largest absolute Gasteiger partial charge is 0.478 e. The summed E-state index contributed by atoms with van der Waals surface area (Å²) in [6.07, 6.45) is 0. The zero-order valence-electron chi connectivity index (χ0n) is 13.3. The minimum atomic E-state index is -3.57. The number of anilines is 1. The standard InChI is InChI=1S/C19H13NO4S2/c21-19(22)16-4-1-3-15(13-16)7-6-14-8-10-17(11-9-14)20-26(23,24)18-5-2-12-25-18/h1-5,8-13,20H,(H,21,22). The lowest BCUT2D eigenvalue weighted by Crippen LogP contribution is -2.11. The van der Waals surface area contributed by atoms with Gasteiger partial charge in [0.15, 0.2) is 0 Å². The number of carbonyl (C=O) groups is 1. The van der Waals surface area contributed by atoms with Crippen molar-refractivity contribution in [3.8, 4) is 11.8 Å². The van der Waals surface area contributed by atoms with Crippen molar-refractivity contribution in [1.29, 1.82) is 0 Å². The molecule has 0 aliphatic carbocycles. The first-order valence-corrected chi connectivity index (χ1v) is 9.82. The van der Waals surface area contributed by atoms with Crippen LogP contribution in [0.3, 0.4) is 0 Å². The second-order valence-corrected chi connectivity index (χ2v) is 8.11. The summed E-state index contributed by atoms with van der Waals surface area (Å²) in [4.78, 5) is 11.0. The first-order valence-electron chi connectivity index (χ1n) is 7.46. The van der Waals surface area contributed by atoms with Crippen molar-refractivity contribution >= 4 is 33.0 Å². The molecule has 130 valence electrons. The fourth-order valence-corrected chi connectivity index (χ4v) is 4.17. The van der Waals surface area contributed by atoms with Crippen LogP contribution in [0.1, 0.15) is 21.5 Å². The molecule has 2 aromatic carbocycles. The van der Waals surface area contributed by atoms with Gasteiger partial charge >= 0.3 is 5.97 Å². The molecule has 0 fully saturated rings. The molecule has 0 radical (unpaired) electrons. The average Bonchev–Trinajstić information content (AvgIpc) is 3.17. The van der Waals surface area contributed by atoms with Gasteiger partial charge in [-0.25, -0.2) is 13.2 Å². The van der Waals surface area contributed by atoms with Crippen molar-refractivity contribution in [2.24, 2.45) is 0 Å². The molecule has 3 rings (SSSR count). The zero-order chi connectivity index (χ0) is 18.6. The van der Waals surface area contributed by atoms with Crippen LogP contribution < -0.4 is 4.72 Å². The Hall–Kier alpha value is -3.08. The van der Waals surface area contributed by atoms with E-state index in [1.165, 1.54) is 18.2 Å². The fourth-order valence-electron chi connectivity index (χ4n) is 2.12. The molecule has 0 atom stereocenters. The van der Waals surface area contributed by atoms with E-state index < -0.39 is 16.0 Å². The topological polar surface area (TPSA) is 83.5 Å². The fraction of sp³-hybridized carbons (Fsp3) is 0. The number of sulfonamides is 1. The Morgan fingerprint density at radius 1 is 0.962 bits per heavy atom. The number of aromatic carboxylic acids is 1. The van der Waals surface area contributed by atoms with E-state index >= 15 is 0 Å². The van der Waals surface area contributed by atoms with Crippen LogP contribution >= 0.6 is 11.3 Å². The smallest absolute Gasteiger partial charge is 0.335 e. The second-order valence-electron chi connectivity index (χ2n) is 5.25. The van der Waals surface area contributed by atoms with E-state index in [1.807, 2.05) is 0 Å². The molecule has 0 bridgehead atoms. The van der Waals surface area contributed by atoms with E-state index in [0.717, 1.165) is 11.3 Å². The van der Waals surface area contributed by atoms with Crippen LogP contribution in [-0.2, 0) is 10.0 Å². The van der Waals surface area contributed by atoms with Crippen LogP contribution in [0.5, 0.6) is 0 Å². The highest BCUT2D eigenvalue weighted by Gasteiger charge is 2.14. The Kier molecular flexibility index (Phi) is 5.07. The maximum absolute atomic E-state index is 12.2. The predicted molar refractivity (Wildman–Crippen MR) is 101 cm³/mol. The second kappa shape index (κ2) is 7.44. The van der Waals surface area contributed by atoms with Crippen LogP contribution in [-0.4, -0.2) is 19.5 Å². The Labute approximate surface area is 155 Å². The first kappa shape index (κ1) is 17.7. The molecule has 0 aliphatic rings.